The van der Waals surface area contributed by atoms with Gasteiger partial charge in [-0.3, -0.25) is 4.79 Å². The number of nitrogens with two attached hydrogens (primary N) is 4. The number of hydrogen-bond acceptors (Lipinski definition) is 5. The zero-order valence-electron chi connectivity index (χ0n) is 24.8. The standard InChI is InChI=1S/C24H28N2.C13H12N2O/c1-23(2,19-9-13-21(25)14-10-19)17-5-7-18(8-6-17)24(3,4)20-11-15-22(26)16-12-20;14-11-5-1-3-9(7-11)13(16)10-4-2-6-12(15)8-10/h5-16H,25-26H2,1-4H3;1-8H,14-15H2. The van der Waals surface area contributed by atoms with Crippen molar-refractivity contribution in [2.75, 3.05) is 22.9 Å². The van der Waals surface area contributed by atoms with E-state index in [1.165, 1.54) is 22.3 Å². The van der Waals surface area contributed by atoms with Crippen LogP contribution in [0.4, 0.5) is 22.7 Å². The Balaban J connectivity index is 0.000000216. The van der Waals surface area contributed by atoms with Crippen LogP contribution in [0.25, 0.3) is 0 Å². The fraction of sp³-hybridized carbons (Fsp3) is 0.162. The van der Waals surface area contributed by atoms with Gasteiger partial charge < -0.3 is 22.9 Å². The molecule has 42 heavy (non-hydrogen) atoms. The van der Waals surface area contributed by atoms with Gasteiger partial charge in [-0.25, -0.2) is 0 Å². The lowest BCUT2D eigenvalue weighted by molar-refractivity contribution is 0.103. The summed E-state index contributed by atoms with van der Waals surface area (Å²) in [5, 5.41) is 0. The highest BCUT2D eigenvalue weighted by molar-refractivity contribution is 6.09. The fourth-order valence-electron chi connectivity index (χ4n) is 4.96. The topological polar surface area (TPSA) is 121 Å². The summed E-state index contributed by atoms with van der Waals surface area (Å²) in [4.78, 5) is 12.0. The number of hydrogen-bond donors (Lipinski definition) is 4. The first-order valence-electron chi connectivity index (χ1n) is 14.0. The number of carbonyl (C=O) groups excluding carboxylic acids is 1. The van der Waals surface area contributed by atoms with Crippen LogP contribution in [0.1, 0.15) is 65.9 Å². The van der Waals surface area contributed by atoms with Gasteiger partial charge in [0, 0.05) is 44.7 Å². The van der Waals surface area contributed by atoms with Gasteiger partial charge in [-0.05, 0) is 70.8 Å². The van der Waals surface area contributed by atoms with E-state index in [0.29, 0.717) is 22.5 Å². The molecule has 0 aliphatic heterocycles. The van der Waals surface area contributed by atoms with Gasteiger partial charge in [0.1, 0.15) is 0 Å². The third-order valence-electron chi connectivity index (χ3n) is 7.89. The van der Waals surface area contributed by atoms with Gasteiger partial charge in [-0.1, -0.05) is 100 Å². The zero-order chi connectivity index (χ0) is 30.5. The van der Waals surface area contributed by atoms with Crippen molar-refractivity contribution in [2.45, 2.75) is 38.5 Å². The Bertz CT molecular complexity index is 1530. The second-order valence-electron chi connectivity index (χ2n) is 11.7. The van der Waals surface area contributed by atoms with E-state index in [1.54, 1.807) is 48.5 Å². The van der Waals surface area contributed by atoms with E-state index >= 15 is 0 Å². The Morgan fingerprint density at radius 1 is 0.429 bits per heavy atom. The molecule has 5 aromatic rings. The van der Waals surface area contributed by atoms with Crippen molar-refractivity contribution in [1.29, 1.82) is 0 Å². The van der Waals surface area contributed by atoms with Crippen LogP contribution >= 0.6 is 0 Å². The van der Waals surface area contributed by atoms with Crippen LogP contribution < -0.4 is 22.9 Å². The third-order valence-corrected chi connectivity index (χ3v) is 7.89. The Hall–Kier alpha value is -5.03. The molecule has 214 valence electrons. The van der Waals surface area contributed by atoms with E-state index in [2.05, 4.69) is 76.2 Å². The van der Waals surface area contributed by atoms with Crippen LogP contribution in [-0.4, -0.2) is 5.78 Å². The summed E-state index contributed by atoms with van der Waals surface area (Å²) in [7, 11) is 0. The second-order valence-corrected chi connectivity index (χ2v) is 11.7. The summed E-state index contributed by atoms with van der Waals surface area (Å²) < 4.78 is 0. The third kappa shape index (κ3) is 6.81. The molecule has 0 bridgehead atoms. The summed E-state index contributed by atoms with van der Waals surface area (Å²) in [5.41, 5.74) is 31.8. The maximum Gasteiger partial charge on any atom is 0.193 e. The SMILES string of the molecule is CC(C)(c1ccc(N)cc1)c1ccc(C(C)(C)c2ccc(N)cc2)cc1.Nc1cccc(C(=O)c2cccc(N)c2)c1. The largest absolute Gasteiger partial charge is 0.399 e. The molecule has 0 aromatic heterocycles. The highest BCUT2D eigenvalue weighted by atomic mass is 16.1. The molecule has 0 unspecified atom stereocenters. The fourth-order valence-corrected chi connectivity index (χ4v) is 4.96. The monoisotopic (exact) mass is 556 g/mol. The minimum Gasteiger partial charge on any atom is -0.399 e. The van der Waals surface area contributed by atoms with E-state index in [9.17, 15) is 4.79 Å². The number of ketones is 1. The van der Waals surface area contributed by atoms with E-state index in [1.807, 2.05) is 24.3 Å². The lowest BCUT2D eigenvalue weighted by Gasteiger charge is -2.29. The van der Waals surface area contributed by atoms with Gasteiger partial charge in [0.15, 0.2) is 5.78 Å². The van der Waals surface area contributed by atoms with Gasteiger partial charge in [0.25, 0.3) is 0 Å². The van der Waals surface area contributed by atoms with Crippen LogP contribution in [-0.2, 0) is 10.8 Å². The van der Waals surface area contributed by atoms with Crippen molar-refractivity contribution in [1.82, 2.24) is 0 Å². The lowest BCUT2D eigenvalue weighted by Crippen LogP contribution is -2.21. The number of benzene rings is 5. The minimum atomic E-state index is -0.0719. The zero-order valence-corrected chi connectivity index (χ0v) is 24.8. The van der Waals surface area contributed by atoms with Crippen molar-refractivity contribution in [3.63, 3.8) is 0 Å². The van der Waals surface area contributed by atoms with Crippen molar-refractivity contribution in [2.24, 2.45) is 0 Å². The molecule has 0 atom stereocenters. The molecule has 8 N–H and O–H groups in total. The summed E-state index contributed by atoms with van der Waals surface area (Å²) in [6.07, 6.45) is 0. The molecule has 5 aromatic carbocycles. The second kappa shape index (κ2) is 12.2. The van der Waals surface area contributed by atoms with E-state index in [0.717, 1.165) is 11.4 Å². The Morgan fingerprint density at radius 2 is 0.714 bits per heavy atom. The Morgan fingerprint density at radius 3 is 1.00 bits per heavy atom. The summed E-state index contributed by atoms with van der Waals surface area (Å²) in [5.74, 6) is -0.0698. The molecule has 0 fully saturated rings. The van der Waals surface area contributed by atoms with Crippen LogP contribution in [0.3, 0.4) is 0 Å². The van der Waals surface area contributed by atoms with Crippen molar-refractivity contribution >= 4 is 28.5 Å². The van der Waals surface area contributed by atoms with Crippen molar-refractivity contribution in [3.8, 4) is 0 Å². The normalized spacial score (nSPS) is 11.3. The summed E-state index contributed by atoms with van der Waals surface area (Å²) in [6, 6.07) is 39.1. The van der Waals surface area contributed by atoms with Crippen LogP contribution in [0, 0.1) is 0 Å². The molecular weight excluding hydrogens is 516 g/mol. The number of rotatable bonds is 6. The predicted octanol–water partition coefficient (Wildman–Crippen LogP) is 7.58. The molecule has 0 heterocycles. The average Bonchev–Trinajstić information content (AvgIpc) is 2.98. The minimum absolute atomic E-state index is 0.0698. The smallest absolute Gasteiger partial charge is 0.193 e. The quantitative estimate of drug-likeness (QED) is 0.127. The van der Waals surface area contributed by atoms with E-state index in [-0.39, 0.29) is 16.6 Å². The molecule has 0 aliphatic carbocycles. The molecule has 0 spiro atoms. The number of nitrogen functional groups attached to an aromatic ring is 4. The van der Waals surface area contributed by atoms with Crippen LogP contribution in [0.5, 0.6) is 0 Å². The number of carbonyl (C=O) groups is 1. The van der Waals surface area contributed by atoms with Gasteiger partial charge in [0.05, 0.1) is 0 Å². The van der Waals surface area contributed by atoms with Crippen molar-refractivity contribution < 1.29 is 4.79 Å². The van der Waals surface area contributed by atoms with Gasteiger partial charge >= 0.3 is 0 Å². The first-order valence-corrected chi connectivity index (χ1v) is 14.0. The lowest BCUT2D eigenvalue weighted by atomic mass is 9.74. The first kappa shape index (κ1) is 29.9. The van der Waals surface area contributed by atoms with Crippen LogP contribution in [0.15, 0.2) is 121 Å². The molecule has 0 aliphatic rings. The van der Waals surface area contributed by atoms with E-state index in [4.69, 9.17) is 22.9 Å². The van der Waals surface area contributed by atoms with Crippen LogP contribution in [0.2, 0.25) is 0 Å². The van der Waals surface area contributed by atoms with Crippen molar-refractivity contribution in [3.05, 3.63) is 155 Å². The van der Waals surface area contributed by atoms with Gasteiger partial charge in [0.2, 0.25) is 0 Å². The summed E-state index contributed by atoms with van der Waals surface area (Å²) >= 11 is 0. The molecule has 5 rings (SSSR count). The molecular formula is C37H40N4O. The summed E-state index contributed by atoms with van der Waals surface area (Å²) in [6.45, 7) is 8.99. The Kier molecular flexibility index (Phi) is 8.72. The maximum atomic E-state index is 12.0. The number of anilines is 4. The highest BCUT2D eigenvalue weighted by Gasteiger charge is 2.26. The maximum absolute atomic E-state index is 12.0. The molecule has 0 saturated carbocycles. The molecule has 0 saturated heterocycles. The molecule has 0 radical (unpaired) electrons. The highest BCUT2D eigenvalue weighted by Crippen LogP contribution is 2.36. The molecule has 5 heteroatoms. The van der Waals surface area contributed by atoms with Gasteiger partial charge in [-0.2, -0.15) is 0 Å². The predicted molar refractivity (Wildman–Crippen MR) is 178 cm³/mol. The average molecular weight is 557 g/mol. The first-order chi connectivity index (χ1) is 19.9. The molecule has 0 amide bonds. The molecule has 5 nitrogen and oxygen atoms in total. The van der Waals surface area contributed by atoms with E-state index < -0.39 is 0 Å². The van der Waals surface area contributed by atoms with Gasteiger partial charge in [-0.15, -0.1) is 0 Å². The Labute approximate surface area is 249 Å².